The number of nitrogens with zero attached hydrogens (tertiary/aromatic N) is 1. The lowest BCUT2D eigenvalue weighted by molar-refractivity contribution is -0.139. The van der Waals surface area contributed by atoms with Crippen molar-refractivity contribution in [3.63, 3.8) is 0 Å². The van der Waals surface area contributed by atoms with Crippen molar-refractivity contribution in [1.82, 2.24) is 10.3 Å². The van der Waals surface area contributed by atoms with Crippen LogP contribution in [0.15, 0.2) is 28.4 Å². The van der Waals surface area contributed by atoms with Gasteiger partial charge in [0.1, 0.15) is 11.3 Å². The first-order valence-electron chi connectivity index (χ1n) is 6.90. The van der Waals surface area contributed by atoms with Crippen molar-refractivity contribution in [1.29, 1.82) is 0 Å². The van der Waals surface area contributed by atoms with Crippen molar-refractivity contribution < 1.29 is 23.8 Å². The number of ether oxygens (including phenoxy) is 1. The fraction of sp³-hybridized carbons (Fsp3) is 0.400. The SMILES string of the molecule is COCC(C)(CC(=O)O)NC(=O)Cc1csc(-c2ccoc2)n1. The fourth-order valence-electron chi connectivity index (χ4n) is 2.24. The largest absolute Gasteiger partial charge is 0.481 e. The molecule has 0 aromatic carbocycles. The number of carbonyl (C=O) groups is 2. The maximum Gasteiger partial charge on any atom is 0.305 e. The Hall–Kier alpha value is -2.19. The first-order chi connectivity index (χ1) is 10.9. The Balaban J connectivity index is 1.99. The Bertz CT molecular complexity index is 667. The van der Waals surface area contributed by atoms with Crippen LogP contribution in [0.4, 0.5) is 0 Å². The summed E-state index contributed by atoms with van der Waals surface area (Å²) in [5, 5.41) is 14.2. The first-order valence-corrected chi connectivity index (χ1v) is 7.78. The van der Waals surface area contributed by atoms with Crippen LogP contribution in [0.1, 0.15) is 19.0 Å². The maximum atomic E-state index is 12.2. The Morgan fingerprint density at radius 2 is 2.30 bits per heavy atom. The van der Waals surface area contributed by atoms with Crippen molar-refractivity contribution in [3.05, 3.63) is 29.7 Å². The predicted octanol–water partition coefficient (Wildman–Crippen LogP) is 1.94. The second-order valence-corrected chi connectivity index (χ2v) is 6.30. The average molecular weight is 338 g/mol. The molecule has 2 aromatic rings. The van der Waals surface area contributed by atoms with E-state index < -0.39 is 11.5 Å². The van der Waals surface area contributed by atoms with Gasteiger partial charge in [0.15, 0.2) is 0 Å². The lowest BCUT2D eigenvalue weighted by Crippen LogP contribution is -2.51. The number of hydrogen-bond acceptors (Lipinski definition) is 6. The van der Waals surface area contributed by atoms with E-state index >= 15 is 0 Å². The Morgan fingerprint density at radius 3 is 2.91 bits per heavy atom. The highest BCUT2D eigenvalue weighted by molar-refractivity contribution is 7.13. The number of carbonyl (C=O) groups excluding carboxylic acids is 1. The Morgan fingerprint density at radius 1 is 1.52 bits per heavy atom. The van der Waals surface area contributed by atoms with Gasteiger partial charge in [-0.05, 0) is 13.0 Å². The number of furan rings is 1. The molecule has 0 aliphatic rings. The zero-order valence-corrected chi connectivity index (χ0v) is 13.7. The Labute approximate surface area is 137 Å². The van der Waals surface area contributed by atoms with Gasteiger partial charge in [-0.1, -0.05) is 0 Å². The third-order valence-electron chi connectivity index (χ3n) is 3.11. The summed E-state index contributed by atoms with van der Waals surface area (Å²) in [6.07, 6.45) is 3.01. The van der Waals surface area contributed by atoms with E-state index in [1.165, 1.54) is 18.4 Å². The molecule has 0 spiro atoms. The van der Waals surface area contributed by atoms with Gasteiger partial charge >= 0.3 is 5.97 Å². The minimum atomic E-state index is -0.999. The van der Waals surface area contributed by atoms with Crippen LogP contribution in [0, 0.1) is 0 Å². The third kappa shape index (κ3) is 4.90. The third-order valence-corrected chi connectivity index (χ3v) is 4.05. The van der Waals surface area contributed by atoms with Crippen LogP contribution >= 0.6 is 11.3 Å². The molecule has 1 unspecified atom stereocenters. The van der Waals surface area contributed by atoms with Gasteiger partial charge in [-0.25, -0.2) is 4.98 Å². The van der Waals surface area contributed by atoms with Crippen molar-refractivity contribution >= 4 is 23.2 Å². The minimum absolute atomic E-state index is 0.0767. The maximum absolute atomic E-state index is 12.2. The molecule has 0 saturated carbocycles. The van der Waals surface area contributed by atoms with Crippen molar-refractivity contribution in [2.75, 3.05) is 13.7 Å². The molecule has 23 heavy (non-hydrogen) atoms. The molecule has 2 heterocycles. The minimum Gasteiger partial charge on any atom is -0.481 e. The monoisotopic (exact) mass is 338 g/mol. The van der Waals surface area contributed by atoms with Crippen LogP contribution in [0.2, 0.25) is 0 Å². The molecule has 124 valence electrons. The predicted molar refractivity (Wildman–Crippen MR) is 84.2 cm³/mol. The summed E-state index contributed by atoms with van der Waals surface area (Å²) in [6, 6.07) is 1.80. The molecule has 2 aromatic heterocycles. The summed E-state index contributed by atoms with van der Waals surface area (Å²) >= 11 is 1.42. The van der Waals surface area contributed by atoms with E-state index in [-0.39, 0.29) is 25.4 Å². The van der Waals surface area contributed by atoms with E-state index in [0.717, 1.165) is 10.6 Å². The summed E-state index contributed by atoms with van der Waals surface area (Å²) < 4.78 is 10.0. The van der Waals surface area contributed by atoms with Gasteiger partial charge in [-0.15, -0.1) is 11.3 Å². The summed E-state index contributed by atoms with van der Waals surface area (Å²) in [4.78, 5) is 27.5. The summed E-state index contributed by atoms with van der Waals surface area (Å²) in [6.45, 7) is 1.75. The Kier molecular flexibility index (Phi) is 5.51. The zero-order chi connectivity index (χ0) is 16.9. The van der Waals surface area contributed by atoms with E-state index in [1.54, 1.807) is 30.9 Å². The number of aliphatic carboxylic acids is 1. The van der Waals surface area contributed by atoms with E-state index in [9.17, 15) is 9.59 Å². The van der Waals surface area contributed by atoms with Crippen LogP contribution in [0.25, 0.3) is 10.6 Å². The van der Waals surface area contributed by atoms with E-state index in [0.29, 0.717) is 5.69 Å². The number of methoxy groups -OCH3 is 1. The molecule has 0 saturated heterocycles. The highest BCUT2D eigenvalue weighted by atomic mass is 32.1. The van der Waals surface area contributed by atoms with Crippen LogP contribution in [0.3, 0.4) is 0 Å². The van der Waals surface area contributed by atoms with Crippen LogP contribution in [0.5, 0.6) is 0 Å². The van der Waals surface area contributed by atoms with Gasteiger partial charge in [-0.3, -0.25) is 9.59 Å². The molecule has 0 fully saturated rings. The quantitative estimate of drug-likeness (QED) is 0.763. The lowest BCUT2D eigenvalue weighted by Gasteiger charge is -2.28. The summed E-state index contributed by atoms with van der Waals surface area (Å²) in [5.74, 6) is -1.30. The van der Waals surface area contributed by atoms with Gasteiger partial charge in [0.25, 0.3) is 0 Å². The molecule has 2 rings (SSSR count). The van der Waals surface area contributed by atoms with Gasteiger partial charge in [0.05, 0.1) is 36.9 Å². The van der Waals surface area contributed by atoms with Crippen molar-refractivity contribution in [3.8, 4) is 10.6 Å². The zero-order valence-electron chi connectivity index (χ0n) is 12.9. The molecule has 0 radical (unpaired) electrons. The lowest BCUT2D eigenvalue weighted by atomic mass is 9.98. The van der Waals surface area contributed by atoms with Crippen LogP contribution < -0.4 is 5.32 Å². The number of carboxylic acid groups (broad SMARTS) is 1. The fourth-order valence-corrected chi connectivity index (χ4v) is 3.04. The topological polar surface area (TPSA) is 102 Å². The van der Waals surface area contributed by atoms with Gasteiger partial charge < -0.3 is 19.6 Å². The molecule has 2 N–H and O–H groups in total. The molecule has 8 heteroatoms. The van der Waals surface area contributed by atoms with Gasteiger partial charge in [0, 0.05) is 18.1 Å². The van der Waals surface area contributed by atoms with Gasteiger partial charge in [-0.2, -0.15) is 0 Å². The second-order valence-electron chi connectivity index (χ2n) is 5.45. The molecule has 0 aliphatic carbocycles. The highest BCUT2D eigenvalue weighted by Gasteiger charge is 2.29. The molecule has 1 amide bonds. The van der Waals surface area contributed by atoms with Crippen LogP contribution in [-0.4, -0.2) is 41.2 Å². The van der Waals surface area contributed by atoms with E-state index in [4.69, 9.17) is 14.3 Å². The molecular weight excluding hydrogens is 320 g/mol. The van der Waals surface area contributed by atoms with Crippen molar-refractivity contribution in [2.45, 2.75) is 25.3 Å². The summed E-state index contributed by atoms with van der Waals surface area (Å²) in [5.41, 5.74) is 0.525. The molecule has 7 nitrogen and oxygen atoms in total. The molecular formula is C15H18N2O5S. The summed E-state index contributed by atoms with van der Waals surface area (Å²) in [7, 11) is 1.46. The molecule has 1 atom stereocenters. The average Bonchev–Trinajstić information content (AvgIpc) is 3.07. The van der Waals surface area contributed by atoms with E-state index in [1.807, 2.05) is 0 Å². The van der Waals surface area contributed by atoms with Crippen LogP contribution in [-0.2, 0) is 20.7 Å². The number of nitrogens with one attached hydrogen (secondary N) is 1. The second kappa shape index (κ2) is 7.38. The number of amides is 1. The molecule has 0 bridgehead atoms. The smallest absolute Gasteiger partial charge is 0.305 e. The normalized spacial score (nSPS) is 13.5. The van der Waals surface area contributed by atoms with Crippen molar-refractivity contribution in [2.24, 2.45) is 0 Å². The standard InChI is InChI=1S/C15H18N2O5S/c1-15(9-21-2,6-13(19)20)17-12(18)5-11-8-23-14(16-11)10-3-4-22-7-10/h3-4,7-8H,5-6,9H2,1-2H3,(H,17,18)(H,19,20). The number of hydrogen-bond donors (Lipinski definition) is 2. The first kappa shape index (κ1) is 17.2. The molecule has 0 aliphatic heterocycles. The number of rotatable bonds is 8. The van der Waals surface area contributed by atoms with Gasteiger partial charge in [0.2, 0.25) is 5.91 Å². The van der Waals surface area contributed by atoms with E-state index in [2.05, 4.69) is 10.3 Å². The number of thiazole rings is 1. The highest BCUT2D eigenvalue weighted by Crippen LogP contribution is 2.24. The number of carboxylic acids is 1. The number of aromatic nitrogens is 1.